The minimum absolute atomic E-state index is 0.132. The summed E-state index contributed by atoms with van der Waals surface area (Å²) in [5.74, 6) is -1.40. The molecule has 0 aliphatic carbocycles. The van der Waals surface area contributed by atoms with E-state index < -0.39 is 11.9 Å². The highest BCUT2D eigenvalue weighted by Gasteiger charge is 2.15. The van der Waals surface area contributed by atoms with Crippen molar-refractivity contribution in [1.29, 1.82) is 0 Å². The average molecular weight is 377 g/mol. The van der Waals surface area contributed by atoms with Crippen LogP contribution in [0.4, 0.5) is 5.69 Å². The van der Waals surface area contributed by atoms with Crippen LogP contribution in [0.3, 0.4) is 0 Å². The molecule has 0 spiro atoms. The Balaban J connectivity index is 2.12. The first-order valence-corrected chi connectivity index (χ1v) is 8.72. The van der Waals surface area contributed by atoms with Crippen LogP contribution in [0.5, 0.6) is 0 Å². The Morgan fingerprint density at radius 3 is 2.27 bits per heavy atom. The van der Waals surface area contributed by atoms with Gasteiger partial charge in [0, 0.05) is 24.6 Å². The van der Waals surface area contributed by atoms with E-state index in [9.17, 15) is 14.4 Å². The van der Waals surface area contributed by atoms with Crippen LogP contribution in [0.1, 0.15) is 27.6 Å². The predicted octanol–water partition coefficient (Wildman–Crippen LogP) is 2.21. The highest BCUT2D eigenvalue weighted by Crippen LogP contribution is 2.19. The summed E-state index contributed by atoms with van der Waals surface area (Å²) in [5, 5.41) is 3.41. The van der Waals surface area contributed by atoms with Crippen molar-refractivity contribution in [3.63, 3.8) is 0 Å². The zero-order valence-electron chi connectivity index (χ0n) is 14.6. The van der Waals surface area contributed by atoms with E-state index in [0.717, 1.165) is 11.7 Å². The summed E-state index contributed by atoms with van der Waals surface area (Å²) in [6.45, 7) is 2.74. The molecule has 0 saturated carbocycles. The topological polar surface area (TPSA) is 99.5 Å². The van der Waals surface area contributed by atoms with Crippen LogP contribution in [0.25, 0.3) is 0 Å². The van der Waals surface area contributed by atoms with Gasteiger partial charge in [0.25, 0.3) is 0 Å². The third-order valence-electron chi connectivity index (χ3n) is 3.41. The van der Waals surface area contributed by atoms with Crippen molar-refractivity contribution >= 4 is 35.3 Å². The molecule has 2 aromatic rings. The van der Waals surface area contributed by atoms with Crippen molar-refractivity contribution in [3.05, 3.63) is 41.7 Å². The maximum Gasteiger partial charge on any atom is 0.337 e. The van der Waals surface area contributed by atoms with Gasteiger partial charge in [-0.05, 0) is 25.1 Å². The molecule has 2 rings (SSSR count). The number of anilines is 1. The van der Waals surface area contributed by atoms with E-state index in [1.165, 1.54) is 44.2 Å². The molecule has 0 radical (unpaired) electrons. The number of hydrogen-bond acceptors (Lipinski definition) is 7. The van der Waals surface area contributed by atoms with E-state index in [4.69, 9.17) is 0 Å². The van der Waals surface area contributed by atoms with E-state index in [0.29, 0.717) is 5.69 Å². The number of methoxy groups -OCH3 is 2. The van der Waals surface area contributed by atoms with Crippen LogP contribution < -0.4 is 5.32 Å². The monoisotopic (exact) mass is 377 g/mol. The maximum absolute atomic E-state index is 12.2. The molecule has 1 amide bonds. The lowest BCUT2D eigenvalue weighted by Crippen LogP contribution is -2.16. The second kappa shape index (κ2) is 9.04. The molecule has 1 aromatic carbocycles. The molecule has 0 aliphatic rings. The van der Waals surface area contributed by atoms with Crippen LogP contribution in [0.15, 0.2) is 35.7 Å². The lowest BCUT2D eigenvalue weighted by molar-refractivity contribution is -0.113. The van der Waals surface area contributed by atoms with Gasteiger partial charge in [-0.1, -0.05) is 11.8 Å². The molecule has 1 heterocycles. The summed E-state index contributed by atoms with van der Waals surface area (Å²) in [5.41, 5.74) is 0.581. The summed E-state index contributed by atoms with van der Waals surface area (Å²) in [6, 6.07) is 4.22. The Hall–Kier alpha value is -2.81. The first kappa shape index (κ1) is 19.5. The third kappa shape index (κ3) is 4.85. The van der Waals surface area contributed by atoms with Gasteiger partial charge >= 0.3 is 11.9 Å². The minimum Gasteiger partial charge on any atom is -0.465 e. The van der Waals surface area contributed by atoms with E-state index >= 15 is 0 Å². The van der Waals surface area contributed by atoms with Crippen molar-refractivity contribution in [2.45, 2.75) is 18.6 Å². The van der Waals surface area contributed by atoms with Gasteiger partial charge in [0.2, 0.25) is 5.91 Å². The zero-order chi connectivity index (χ0) is 19.1. The molecule has 8 nitrogen and oxygen atoms in total. The quantitative estimate of drug-likeness (QED) is 0.583. The fourth-order valence-corrected chi connectivity index (χ4v) is 3.00. The molecule has 0 fully saturated rings. The number of nitrogens with zero attached hydrogens (tertiary/aromatic N) is 2. The van der Waals surface area contributed by atoms with Gasteiger partial charge in [-0.2, -0.15) is 0 Å². The second-order valence-electron chi connectivity index (χ2n) is 5.11. The number of benzene rings is 1. The van der Waals surface area contributed by atoms with Crippen LogP contribution >= 0.6 is 11.8 Å². The van der Waals surface area contributed by atoms with Crippen molar-refractivity contribution in [1.82, 2.24) is 9.55 Å². The van der Waals surface area contributed by atoms with E-state index in [1.807, 2.05) is 17.7 Å². The normalized spacial score (nSPS) is 10.3. The smallest absolute Gasteiger partial charge is 0.337 e. The lowest BCUT2D eigenvalue weighted by Gasteiger charge is -2.10. The molecule has 0 bridgehead atoms. The number of imidazole rings is 1. The van der Waals surface area contributed by atoms with Crippen LogP contribution in [0.2, 0.25) is 0 Å². The van der Waals surface area contributed by atoms with Gasteiger partial charge in [-0.3, -0.25) is 4.79 Å². The van der Waals surface area contributed by atoms with Gasteiger partial charge < -0.3 is 19.4 Å². The Morgan fingerprint density at radius 2 is 1.73 bits per heavy atom. The Kier molecular flexibility index (Phi) is 6.79. The van der Waals surface area contributed by atoms with Crippen molar-refractivity contribution in [2.75, 3.05) is 25.3 Å². The first-order valence-electron chi connectivity index (χ1n) is 7.74. The summed E-state index contributed by atoms with van der Waals surface area (Å²) >= 11 is 1.29. The van der Waals surface area contributed by atoms with Crippen LogP contribution in [-0.4, -0.2) is 47.4 Å². The predicted molar refractivity (Wildman–Crippen MR) is 96.4 cm³/mol. The minimum atomic E-state index is -0.620. The maximum atomic E-state index is 12.2. The largest absolute Gasteiger partial charge is 0.465 e. The molecule has 26 heavy (non-hydrogen) atoms. The molecule has 138 valence electrons. The number of amides is 1. The summed E-state index contributed by atoms with van der Waals surface area (Å²) < 4.78 is 11.3. The highest BCUT2D eigenvalue weighted by molar-refractivity contribution is 7.99. The van der Waals surface area contributed by atoms with Gasteiger partial charge in [-0.15, -0.1) is 0 Å². The molecule has 0 atom stereocenters. The number of nitrogens with one attached hydrogen (secondary N) is 1. The SMILES string of the molecule is CCn1ccnc1SCC(=O)Nc1cc(C(=O)OC)cc(C(=O)OC)c1. The second-order valence-corrected chi connectivity index (χ2v) is 6.06. The number of aryl methyl sites for hydroxylation is 1. The highest BCUT2D eigenvalue weighted by atomic mass is 32.2. The Bertz CT molecular complexity index is 784. The number of ether oxygens (including phenoxy) is 2. The molecule has 0 unspecified atom stereocenters. The molecular formula is C17H19N3O5S. The van der Waals surface area contributed by atoms with Gasteiger partial charge in [0.05, 0.1) is 31.1 Å². The molecule has 0 saturated heterocycles. The van der Waals surface area contributed by atoms with Crippen LogP contribution in [0, 0.1) is 0 Å². The number of aromatic nitrogens is 2. The summed E-state index contributed by atoms with van der Waals surface area (Å²) in [6.07, 6.45) is 3.51. The number of thioether (sulfide) groups is 1. The fraction of sp³-hybridized carbons (Fsp3) is 0.294. The van der Waals surface area contributed by atoms with Gasteiger partial charge in [0.1, 0.15) is 0 Å². The molecular weight excluding hydrogens is 358 g/mol. The molecule has 1 N–H and O–H groups in total. The summed E-state index contributed by atoms with van der Waals surface area (Å²) in [7, 11) is 2.47. The fourth-order valence-electron chi connectivity index (χ4n) is 2.17. The van der Waals surface area contributed by atoms with E-state index in [1.54, 1.807) is 6.20 Å². The number of rotatable bonds is 7. The number of hydrogen-bond donors (Lipinski definition) is 1. The Labute approximate surface area is 154 Å². The van der Waals surface area contributed by atoms with Crippen molar-refractivity contribution < 1.29 is 23.9 Å². The zero-order valence-corrected chi connectivity index (χ0v) is 15.5. The third-order valence-corrected chi connectivity index (χ3v) is 4.41. The average Bonchev–Trinajstić information content (AvgIpc) is 3.12. The number of esters is 2. The number of carbonyl (C=O) groups excluding carboxylic acids is 3. The van der Waals surface area contributed by atoms with E-state index in [2.05, 4.69) is 19.8 Å². The van der Waals surface area contributed by atoms with Crippen molar-refractivity contribution in [2.24, 2.45) is 0 Å². The first-order chi connectivity index (χ1) is 12.5. The summed E-state index contributed by atoms with van der Waals surface area (Å²) in [4.78, 5) is 39.9. The standard InChI is InChI=1S/C17H19N3O5S/c1-4-20-6-5-18-17(20)26-10-14(21)19-13-8-11(15(22)24-2)7-12(9-13)16(23)25-3/h5-9H,4,10H2,1-3H3,(H,19,21). The van der Waals surface area contributed by atoms with Crippen molar-refractivity contribution in [3.8, 4) is 0 Å². The molecule has 1 aromatic heterocycles. The number of carbonyl (C=O) groups is 3. The molecule has 9 heteroatoms. The van der Waals surface area contributed by atoms with Gasteiger partial charge in [0.15, 0.2) is 5.16 Å². The van der Waals surface area contributed by atoms with Gasteiger partial charge in [-0.25, -0.2) is 14.6 Å². The molecule has 0 aliphatic heterocycles. The lowest BCUT2D eigenvalue weighted by atomic mass is 10.1. The van der Waals surface area contributed by atoms with Crippen LogP contribution in [-0.2, 0) is 20.8 Å². The van der Waals surface area contributed by atoms with E-state index in [-0.39, 0.29) is 22.8 Å². The Morgan fingerprint density at radius 1 is 1.12 bits per heavy atom.